The van der Waals surface area contributed by atoms with Crippen LogP contribution in [0.3, 0.4) is 0 Å². The minimum Gasteiger partial charge on any atom is -0.494 e. The van der Waals surface area contributed by atoms with Gasteiger partial charge in [-0.05, 0) is 55.5 Å². The Morgan fingerprint density at radius 2 is 1.81 bits per heavy atom. The minimum atomic E-state index is 0.0716. The Balaban J connectivity index is 1.25. The first-order chi connectivity index (χ1) is 12.8. The average Bonchev–Trinajstić information content (AvgIpc) is 3.17. The van der Waals surface area contributed by atoms with Crippen LogP contribution in [0.2, 0.25) is 0 Å². The van der Waals surface area contributed by atoms with Crippen molar-refractivity contribution in [3.63, 3.8) is 0 Å². The van der Waals surface area contributed by atoms with E-state index in [1.807, 2.05) is 47.4 Å². The van der Waals surface area contributed by atoms with Crippen LogP contribution < -0.4 is 14.2 Å². The second kappa shape index (κ2) is 7.68. The van der Waals surface area contributed by atoms with E-state index < -0.39 is 0 Å². The first kappa shape index (κ1) is 16.8. The van der Waals surface area contributed by atoms with Gasteiger partial charge in [0.05, 0.1) is 6.61 Å². The summed E-state index contributed by atoms with van der Waals surface area (Å²) in [6.45, 7) is 2.54. The van der Waals surface area contributed by atoms with E-state index in [1.54, 1.807) is 6.07 Å². The van der Waals surface area contributed by atoms with E-state index in [9.17, 15) is 4.79 Å². The SMILES string of the molecule is O=C(c1ccc2c(c1)OCO2)N1CCC(CCOc2ccccc2)CC1. The first-order valence-corrected chi connectivity index (χ1v) is 9.16. The van der Waals surface area contributed by atoms with Crippen LogP contribution in [0.5, 0.6) is 17.2 Å². The number of amides is 1. The zero-order valence-corrected chi connectivity index (χ0v) is 14.7. The predicted molar refractivity (Wildman–Crippen MR) is 97.7 cm³/mol. The van der Waals surface area contributed by atoms with Crippen molar-refractivity contribution in [3.8, 4) is 17.2 Å². The van der Waals surface area contributed by atoms with Crippen LogP contribution in [0.4, 0.5) is 0 Å². The van der Waals surface area contributed by atoms with Crippen molar-refractivity contribution in [2.75, 3.05) is 26.5 Å². The van der Waals surface area contributed by atoms with Crippen molar-refractivity contribution in [1.82, 2.24) is 4.90 Å². The third-order valence-electron chi connectivity index (χ3n) is 5.06. The fourth-order valence-electron chi connectivity index (χ4n) is 3.50. The molecule has 2 aliphatic rings. The summed E-state index contributed by atoms with van der Waals surface area (Å²) >= 11 is 0. The molecule has 0 unspecified atom stereocenters. The highest BCUT2D eigenvalue weighted by Crippen LogP contribution is 2.33. The highest BCUT2D eigenvalue weighted by molar-refractivity contribution is 5.95. The quantitative estimate of drug-likeness (QED) is 0.822. The molecule has 2 aromatic carbocycles. The molecule has 2 heterocycles. The van der Waals surface area contributed by atoms with Crippen LogP contribution in [0.25, 0.3) is 0 Å². The maximum Gasteiger partial charge on any atom is 0.253 e. The van der Waals surface area contributed by atoms with Gasteiger partial charge in [-0.15, -0.1) is 0 Å². The summed E-state index contributed by atoms with van der Waals surface area (Å²) in [5.41, 5.74) is 0.667. The molecule has 1 saturated heterocycles. The van der Waals surface area contributed by atoms with Crippen molar-refractivity contribution in [2.24, 2.45) is 5.92 Å². The number of hydrogen-bond donors (Lipinski definition) is 0. The van der Waals surface area contributed by atoms with Crippen molar-refractivity contribution in [2.45, 2.75) is 19.3 Å². The molecule has 136 valence electrons. The van der Waals surface area contributed by atoms with E-state index in [0.717, 1.165) is 44.7 Å². The number of benzene rings is 2. The number of ether oxygens (including phenoxy) is 3. The van der Waals surface area contributed by atoms with E-state index >= 15 is 0 Å². The number of para-hydroxylation sites is 1. The lowest BCUT2D eigenvalue weighted by molar-refractivity contribution is 0.0679. The number of nitrogens with zero attached hydrogens (tertiary/aromatic N) is 1. The average molecular weight is 353 g/mol. The van der Waals surface area contributed by atoms with E-state index in [4.69, 9.17) is 14.2 Å². The number of rotatable bonds is 5. The van der Waals surface area contributed by atoms with Gasteiger partial charge in [-0.1, -0.05) is 18.2 Å². The van der Waals surface area contributed by atoms with Gasteiger partial charge in [0.2, 0.25) is 6.79 Å². The van der Waals surface area contributed by atoms with Gasteiger partial charge in [0, 0.05) is 18.7 Å². The van der Waals surface area contributed by atoms with E-state index in [-0.39, 0.29) is 12.7 Å². The van der Waals surface area contributed by atoms with Gasteiger partial charge < -0.3 is 19.1 Å². The Morgan fingerprint density at radius 1 is 1.04 bits per heavy atom. The maximum atomic E-state index is 12.7. The van der Waals surface area contributed by atoms with Crippen molar-refractivity contribution < 1.29 is 19.0 Å². The van der Waals surface area contributed by atoms with Crippen LogP contribution >= 0.6 is 0 Å². The molecule has 26 heavy (non-hydrogen) atoms. The van der Waals surface area contributed by atoms with E-state index in [0.29, 0.717) is 23.0 Å². The molecular weight excluding hydrogens is 330 g/mol. The third kappa shape index (κ3) is 3.77. The third-order valence-corrected chi connectivity index (χ3v) is 5.06. The van der Waals surface area contributed by atoms with Gasteiger partial charge in [-0.25, -0.2) is 0 Å². The second-order valence-corrected chi connectivity index (χ2v) is 6.75. The monoisotopic (exact) mass is 353 g/mol. The molecule has 2 aromatic rings. The summed E-state index contributed by atoms with van der Waals surface area (Å²) in [5.74, 6) is 2.96. The Kier molecular flexibility index (Phi) is 4.95. The highest BCUT2D eigenvalue weighted by Gasteiger charge is 2.25. The molecule has 0 aliphatic carbocycles. The molecule has 5 heteroatoms. The topological polar surface area (TPSA) is 48.0 Å². The number of hydrogen-bond acceptors (Lipinski definition) is 4. The predicted octanol–water partition coefficient (Wildman–Crippen LogP) is 3.74. The molecule has 0 N–H and O–H groups in total. The second-order valence-electron chi connectivity index (χ2n) is 6.75. The van der Waals surface area contributed by atoms with E-state index in [2.05, 4.69) is 0 Å². The normalized spacial score (nSPS) is 16.5. The summed E-state index contributed by atoms with van der Waals surface area (Å²) in [6, 6.07) is 15.3. The zero-order chi connectivity index (χ0) is 17.8. The lowest BCUT2D eigenvalue weighted by Crippen LogP contribution is -2.38. The standard InChI is InChI=1S/C21H23NO4/c23-21(17-6-7-19-20(14-17)26-15-25-19)22-11-8-16(9-12-22)10-13-24-18-4-2-1-3-5-18/h1-7,14,16H,8-13,15H2. The van der Waals surface area contributed by atoms with Crippen LogP contribution in [-0.4, -0.2) is 37.3 Å². The van der Waals surface area contributed by atoms with Crippen LogP contribution in [0.1, 0.15) is 29.6 Å². The Hall–Kier alpha value is -2.69. The summed E-state index contributed by atoms with van der Waals surface area (Å²) < 4.78 is 16.5. The maximum absolute atomic E-state index is 12.7. The van der Waals surface area contributed by atoms with Gasteiger partial charge in [-0.2, -0.15) is 0 Å². The lowest BCUT2D eigenvalue weighted by Gasteiger charge is -2.32. The van der Waals surface area contributed by atoms with Crippen molar-refractivity contribution in [1.29, 1.82) is 0 Å². The number of fused-ring (bicyclic) bond motifs is 1. The van der Waals surface area contributed by atoms with Gasteiger partial charge in [0.1, 0.15) is 5.75 Å². The first-order valence-electron chi connectivity index (χ1n) is 9.16. The fraction of sp³-hybridized carbons (Fsp3) is 0.381. The molecule has 0 bridgehead atoms. The smallest absolute Gasteiger partial charge is 0.253 e. The molecule has 0 atom stereocenters. The van der Waals surface area contributed by atoms with Crippen molar-refractivity contribution in [3.05, 3.63) is 54.1 Å². The molecule has 1 fully saturated rings. The molecule has 4 rings (SSSR count). The van der Waals surface area contributed by atoms with Crippen LogP contribution in [0, 0.1) is 5.92 Å². The Morgan fingerprint density at radius 3 is 2.62 bits per heavy atom. The molecule has 5 nitrogen and oxygen atoms in total. The molecule has 2 aliphatic heterocycles. The van der Waals surface area contributed by atoms with Crippen LogP contribution in [-0.2, 0) is 0 Å². The van der Waals surface area contributed by atoms with Gasteiger partial charge in [0.25, 0.3) is 5.91 Å². The number of likely N-dealkylation sites (tertiary alicyclic amines) is 1. The van der Waals surface area contributed by atoms with Gasteiger partial charge in [0.15, 0.2) is 11.5 Å². The van der Waals surface area contributed by atoms with Crippen LogP contribution in [0.15, 0.2) is 48.5 Å². The van der Waals surface area contributed by atoms with Gasteiger partial charge in [-0.3, -0.25) is 4.79 Å². The minimum absolute atomic E-state index is 0.0716. The number of carbonyl (C=O) groups excluding carboxylic acids is 1. The Bertz CT molecular complexity index is 754. The number of piperidine rings is 1. The summed E-state index contributed by atoms with van der Waals surface area (Å²) in [5, 5.41) is 0. The lowest BCUT2D eigenvalue weighted by atomic mass is 9.93. The van der Waals surface area contributed by atoms with Gasteiger partial charge >= 0.3 is 0 Å². The van der Waals surface area contributed by atoms with E-state index in [1.165, 1.54) is 0 Å². The molecule has 1 amide bonds. The van der Waals surface area contributed by atoms with Crippen molar-refractivity contribution >= 4 is 5.91 Å². The summed E-state index contributed by atoms with van der Waals surface area (Å²) in [4.78, 5) is 14.6. The zero-order valence-electron chi connectivity index (χ0n) is 14.7. The summed E-state index contributed by atoms with van der Waals surface area (Å²) in [7, 11) is 0. The molecule has 0 spiro atoms. The summed E-state index contributed by atoms with van der Waals surface area (Å²) in [6.07, 6.45) is 3.07. The largest absolute Gasteiger partial charge is 0.494 e. The fourth-order valence-corrected chi connectivity index (χ4v) is 3.50. The molecule has 0 radical (unpaired) electrons. The molecule has 0 saturated carbocycles. The number of carbonyl (C=O) groups is 1. The Labute approximate surface area is 153 Å². The highest BCUT2D eigenvalue weighted by atomic mass is 16.7. The molecular formula is C21H23NO4. The molecule has 0 aromatic heterocycles.